The molecule has 1 aromatic carbocycles. The maximum Gasteiger partial charge on any atom is 0.256 e. The van der Waals surface area contributed by atoms with Crippen LogP contribution in [0.2, 0.25) is 0 Å². The van der Waals surface area contributed by atoms with Gasteiger partial charge in [-0.1, -0.05) is 11.3 Å². The van der Waals surface area contributed by atoms with Crippen molar-refractivity contribution < 1.29 is 26.8 Å². The van der Waals surface area contributed by atoms with Crippen LogP contribution in [0.5, 0.6) is 0 Å². The number of amides is 2. The molecule has 2 N–H and O–H groups in total. The van der Waals surface area contributed by atoms with Gasteiger partial charge in [0.25, 0.3) is 11.8 Å². The molecule has 0 radical (unpaired) electrons. The van der Waals surface area contributed by atoms with Gasteiger partial charge in [0, 0.05) is 38.4 Å². The maximum absolute atomic E-state index is 13.4. The number of alkyl halides is 2. The number of carbonyl (C=O) groups excluding carboxylic acids is 2. The molecule has 12 heteroatoms. The van der Waals surface area contributed by atoms with Crippen LogP contribution in [0.15, 0.2) is 17.0 Å². The van der Waals surface area contributed by atoms with Gasteiger partial charge in [-0.2, -0.15) is 0 Å². The van der Waals surface area contributed by atoms with Crippen molar-refractivity contribution in [1.82, 2.24) is 14.6 Å². The highest BCUT2D eigenvalue weighted by Crippen LogP contribution is 2.43. The second-order valence-electron chi connectivity index (χ2n) is 9.72. The Morgan fingerprint density at radius 1 is 1.29 bits per heavy atom. The van der Waals surface area contributed by atoms with Crippen LogP contribution in [0.4, 0.5) is 13.9 Å². The quantitative estimate of drug-likeness (QED) is 0.571. The normalized spacial score (nSPS) is 20.5. The zero-order valence-corrected chi connectivity index (χ0v) is 21.2. The molecule has 1 atom stereocenters. The summed E-state index contributed by atoms with van der Waals surface area (Å²) < 4.78 is 55.9. The molecule has 188 valence electrons. The average molecular weight is 525 g/mol. The van der Waals surface area contributed by atoms with E-state index in [1.54, 1.807) is 17.9 Å². The molecule has 35 heavy (non-hydrogen) atoms. The molecule has 0 unspecified atom stereocenters. The van der Waals surface area contributed by atoms with Gasteiger partial charge in [0.05, 0.1) is 21.0 Å². The average Bonchev–Trinajstić information content (AvgIpc) is 3.44. The van der Waals surface area contributed by atoms with E-state index in [9.17, 15) is 26.8 Å². The van der Waals surface area contributed by atoms with Gasteiger partial charge in [-0.05, 0) is 55.9 Å². The van der Waals surface area contributed by atoms with Crippen molar-refractivity contribution in [3.63, 3.8) is 0 Å². The molecular weight excluding hydrogens is 498 g/mol. The van der Waals surface area contributed by atoms with E-state index in [0.717, 1.165) is 12.8 Å². The lowest BCUT2D eigenvalue weighted by atomic mass is 9.89. The monoisotopic (exact) mass is 524 g/mol. The third-order valence-electron chi connectivity index (χ3n) is 6.84. The summed E-state index contributed by atoms with van der Waals surface area (Å²) in [5.74, 6) is -3.12. The van der Waals surface area contributed by atoms with Crippen molar-refractivity contribution in [3.05, 3.63) is 29.0 Å². The molecule has 2 aromatic rings. The van der Waals surface area contributed by atoms with Crippen LogP contribution in [0, 0.1) is 12.8 Å². The summed E-state index contributed by atoms with van der Waals surface area (Å²) in [4.78, 5) is 31.4. The highest BCUT2D eigenvalue weighted by atomic mass is 32.2. The number of hydrogen-bond acceptors (Lipinski definition) is 6. The van der Waals surface area contributed by atoms with Crippen LogP contribution in [0.1, 0.15) is 61.1 Å². The first-order chi connectivity index (χ1) is 16.3. The van der Waals surface area contributed by atoms with Gasteiger partial charge in [-0.3, -0.25) is 9.59 Å². The number of fused-ring (bicyclic) bond motifs is 1. The Morgan fingerprint density at radius 3 is 2.57 bits per heavy atom. The number of aromatic nitrogens is 1. The van der Waals surface area contributed by atoms with Crippen molar-refractivity contribution in [3.8, 4) is 10.4 Å². The largest absolute Gasteiger partial charge is 0.331 e. The highest BCUT2D eigenvalue weighted by molar-refractivity contribution is 7.89. The predicted octanol–water partition coefficient (Wildman–Crippen LogP) is 3.91. The molecule has 1 aromatic heterocycles. The Balaban J connectivity index is 1.57. The van der Waals surface area contributed by atoms with Crippen molar-refractivity contribution in [2.24, 2.45) is 5.92 Å². The zero-order valence-electron chi connectivity index (χ0n) is 19.5. The summed E-state index contributed by atoms with van der Waals surface area (Å²) >= 11 is 1.20. The summed E-state index contributed by atoms with van der Waals surface area (Å²) in [7, 11) is -4.25. The fourth-order valence-corrected chi connectivity index (χ4v) is 7.34. The number of carbonyl (C=O) groups is 2. The Kier molecular flexibility index (Phi) is 5.76. The third kappa shape index (κ3) is 4.58. The molecule has 0 spiro atoms. The maximum atomic E-state index is 13.4. The van der Waals surface area contributed by atoms with Crippen LogP contribution < -0.4 is 10.0 Å². The molecule has 8 nitrogen and oxygen atoms in total. The number of nitrogens with zero attached hydrogens (tertiary/aromatic N) is 2. The fourth-order valence-electron chi connectivity index (χ4n) is 4.84. The van der Waals surface area contributed by atoms with Gasteiger partial charge in [0.15, 0.2) is 5.13 Å². The summed E-state index contributed by atoms with van der Waals surface area (Å²) in [6, 6.07) is 2.30. The molecule has 0 saturated heterocycles. The summed E-state index contributed by atoms with van der Waals surface area (Å²) in [5.41, 5.74) is 1.82. The van der Waals surface area contributed by atoms with Gasteiger partial charge in [0.2, 0.25) is 15.9 Å². The topological polar surface area (TPSA) is 108 Å². The zero-order chi connectivity index (χ0) is 25.3. The van der Waals surface area contributed by atoms with Gasteiger partial charge < -0.3 is 10.2 Å². The molecular formula is C23H26F2N4O4S2. The third-order valence-corrected chi connectivity index (χ3v) is 9.50. The van der Waals surface area contributed by atoms with Crippen LogP contribution >= 0.6 is 11.3 Å². The van der Waals surface area contributed by atoms with Crippen molar-refractivity contribution in [1.29, 1.82) is 0 Å². The first-order valence-corrected chi connectivity index (χ1v) is 13.8. The SMILES string of the molecule is CC(=O)Nc1nc(C)c(-c2cc3c(c(S(=O)(=O)NC4CC(F)(F)C4)c2)C(=O)N([C@@H](C)C2CC2)C3)s1. The lowest BCUT2D eigenvalue weighted by Crippen LogP contribution is -2.50. The Bertz CT molecular complexity index is 1330. The first kappa shape index (κ1) is 24.3. The summed E-state index contributed by atoms with van der Waals surface area (Å²) in [6.45, 7) is 5.37. The number of aryl methyl sites for hydroxylation is 1. The van der Waals surface area contributed by atoms with E-state index in [-0.39, 0.29) is 34.9 Å². The van der Waals surface area contributed by atoms with Crippen molar-refractivity contribution in [2.45, 2.75) is 75.9 Å². The molecule has 3 aliphatic rings. The minimum absolute atomic E-state index is 0.0244. The van der Waals surface area contributed by atoms with Gasteiger partial charge in [0.1, 0.15) is 0 Å². The smallest absolute Gasteiger partial charge is 0.256 e. The Hall–Kier alpha value is -2.44. The fraction of sp³-hybridized carbons (Fsp3) is 0.522. The van der Waals surface area contributed by atoms with E-state index in [2.05, 4.69) is 15.0 Å². The Labute approximate surface area is 206 Å². The second kappa shape index (κ2) is 8.31. The second-order valence-corrected chi connectivity index (χ2v) is 12.4. The highest BCUT2D eigenvalue weighted by Gasteiger charge is 2.48. The number of thiazole rings is 1. The first-order valence-electron chi connectivity index (χ1n) is 11.5. The number of rotatable bonds is 7. The summed E-state index contributed by atoms with van der Waals surface area (Å²) in [6.07, 6.45) is 0.921. The number of benzene rings is 1. The van der Waals surface area contributed by atoms with Crippen LogP contribution in [0.3, 0.4) is 0 Å². The van der Waals surface area contributed by atoms with Crippen LogP contribution in [0.25, 0.3) is 10.4 Å². The van der Waals surface area contributed by atoms with Crippen LogP contribution in [-0.2, 0) is 21.4 Å². The molecule has 2 amide bonds. The predicted molar refractivity (Wildman–Crippen MR) is 127 cm³/mol. The lowest BCUT2D eigenvalue weighted by molar-refractivity contribution is -0.114. The number of anilines is 1. The number of nitrogens with one attached hydrogen (secondary N) is 2. The van der Waals surface area contributed by atoms with E-state index >= 15 is 0 Å². The molecule has 2 fully saturated rings. The minimum atomic E-state index is -4.25. The summed E-state index contributed by atoms with van der Waals surface area (Å²) in [5, 5.41) is 3.01. The van der Waals surface area contributed by atoms with E-state index in [0.29, 0.717) is 32.7 Å². The van der Waals surface area contributed by atoms with E-state index < -0.39 is 34.8 Å². The number of sulfonamides is 1. The van der Waals surface area contributed by atoms with Gasteiger partial charge in [-0.25, -0.2) is 26.9 Å². The van der Waals surface area contributed by atoms with E-state index in [1.807, 2.05) is 6.92 Å². The van der Waals surface area contributed by atoms with Crippen molar-refractivity contribution >= 4 is 38.3 Å². The van der Waals surface area contributed by atoms with Crippen LogP contribution in [-0.4, -0.2) is 48.1 Å². The van der Waals surface area contributed by atoms with E-state index in [4.69, 9.17) is 0 Å². The molecule has 5 rings (SSSR count). The molecule has 0 bridgehead atoms. The van der Waals surface area contributed by atoms with Crippen molar-refractivity contribution in [2.75, 3.05) is 5.32 Å². The lowest BCUT2D eigenvalue weighted by Gasteiger charge is -2.35. The van der Waals surface area contributed by atoms with Gasteiger partial charge in [-0.15, -0.1) is 0 Å². The molecule has 2 aliphatic carbocycles. The van der Waals surface area contributed by atoms with Gasteiger partial charge >= 0.3 is 0 Å². The molecule has 2 saturated carbocycles. The Morgan fingerprint density at radius 2 is 1.97 bits per heavy atom. The minimum Gasteiger partial charge on any atom is -0.331 e. The molecule has 1 aliphatic heterocycles. The molecule has 2 heterocycles. The standard InChI is InChI=1S/C23H26F2N4O4S2/c1-11-20(34-22(26-11)27-13(3)30)15-6-16-10-29(12(2)14-4-5-14)21(31)19(16)18(7-15)35(32,33)28-17-8-23(24,25)9-17/h6-7,12,14,17,28H,4-5,8-10H2,1-3H3,(H,26,27,30)/t12-/m0/s1. The van der Waals surface area contributed by atoms with E-state index in [1.165, 1.54) is 24.3 Å². The number of hydrogen-bond donors (Lipinski definition) is 2. The number of halogens is 2.